The Morgan fingerprint density at radius 2 is 2.04 bits per heavy atom. The molecular weight excluding hydrogens is 371 g/mol. The van der Waals surface area contributed by atoms with Crippen LogP contribution in [-0.2, 0) is 9.84 Å². The van der Waals surface area contributed by atoms with E-state index >= 15 is 0 Å². The van der Waals surface area contributed by atoms with Crippen LogP contribution in [0.1, 0.15) is 23.7 Å². The summed E-state index contributed by atoms with van der Waals surface area (Å²) in [5.74, 6) is 0.252. The fourth-order valence-corrected chi connectivity index (χ4v) is 4.76. The van der Waals surface area contributed by atoms with Gasteiger partial charge in [0.1, 0.15) is 5.15 Å². The number of hydrogen-bond donors (Lipinski definition) is 1. The monoisotopic (exact) mass is 386 g/mol. The van der Waals surface area contributed by atoms with Gasteiger partial charge >= 0.3 is 0 Å². The lowest BCUT2D eigenvalue weighted by molar-refractivity contribution is 0.497. The van der Waals surface area contributed by atoms with Crippen molar-refractivity contribution in [3.05, 3.63) is 45.7 Å². The molecule has 0 bridgehead atoms. The Morgan fingerprint density at radius 1 is 1.33 bits per heavy atom. The molecule has 1 saturated heterocycles. The highest BCUT2D eigenvalue weighted by atomic mass is 35.5. The van der Waals surface area contributed by atoms with Gasteiger partial charge in [-0.1, -0.05) is 23.2 Å². The van der Waals surface area contributed by atoms with Crippen LogP contribution in [0, 0.1) is 6.92 Å². The first kappa shape index (κ1) is 17.3. The van der Waals surface area contributed by atoms with Gasteiger partial charge < -0.3 is 0 Å². The molecule has 1 atom stereocenters. The minimum atomic E-state index is -3.00. The van der Waals surface area contributed by atoms with E-state index in [4.69, 9.17) is 23.2 Å². The Morgan fingerprint density at radius 3 is 2.67 bits per heavy atom. The van der Waals surface area contributed by atoms with Crippen molar-refractivity contribution in [3.63, 3.8) is 0 Å². The van der Waals surface area contributed by atoms with E-state index in [1.54, 1.807) is 35.2 Å². The van der Waals surface area contributed by atoms with E-state index in [9.17, 15) is 8.42 Å². The van der Waals surface area contributed by atoms with Crippen molar-refractivity contribution >= 4 is 44.9 Å². The number of aromatic nitrogens is 2. The predicted octanol–water partition coefficient (Wildman–Crippen LogP) is 3.30. The molecule has 0 unspecified atom stereocenters. The topological polar surface area (TPSA) is 76.3 Å². The fourth-order valence-electron chi connectivity index (χ4n) is 2.58. The zero-order valence-electron chi connectivity index (χ0n) is 12.9. The fraction of sp³-hybridized carbons (Fsp3) is 0.333. The minimum absolute atomic E-state index is 0.0768. The van der Waals surface area contributed by atoms with Gasteiger partial charge in [0.25, 0.3) is 0 Å². The normalized spacial score (nSPS) is 19.9. The summed E-state index contributed by atoms with van der Waals surface area (Å²) in [6, 6.07) is 6.92. The van der Waals surface area contributed by atoms with Crippen LogP contribution in [-0.4, -0.2) is 35.9 Å². The van der Waals surface area contributed by atoms with Gasteiger partial charge in [-0.3, -0.25) is 5.43 Å². The highest BCUT2D eigenvalue weighted by Gasteiger charge is 2.31. The van der Waals surface area contributed by atoms with Crippen LogP contribution in [0.4, 0.5) is 5.69 Å². The van der Waals surface area contributed by atoms with Crippen LogP contribution in [0.2, 0.25) is 10.2 Å². The van der Waals surface area contributed by atoms with E-state index in [1.807, 2.05) is 6.92 Å². The predicted molar refractivity (Wildman–Crippen MR) is 97.0 cm³/mol. The molecule has 1 aromatic carbocycles. The van der Waals surface area contributed by atoms with Crippen molar-refractivity contribution in [3.8, 4) is 0 Å². The van der Waals surface area contributed by atoms with Crippen LogP contribution in [0.5, 0.6) is 0 Å². The summed E-state index contributed by atoms with van der Waals surface area (Å²) in [6.45, 7) is 1.81. The van der Waals surface area contributed by atoms with Crippen molar-refractivity contribution < 1.29 is 8.42 Å². The molecule has 6 nitrogen and oxygen atoms in total. The number of nitrogens with zero attached hydrogens (tertiary/aromatic N) is 3. The number of halogens is 2. The zero-order chi connectivity index (χ0) is 17.3. The summed E-state index contributed by atoms with van der Waals surface area (Å²) >= 11 is 12.2. The van der Waals surface area contributed by atoms with E-state index in [1.165, 1.54) is 0 Å². The third kappa shape index (κ3) is 3.74. The molecule has 2 aromatic rings. The first-order valence-corrected chi connectivity index (χ1v) is 9.93. The van der Waals surface area contributed by atoms with Crippen molar-refractivity contribution in [2.75, 3.05) is 16.9 Å². The van der Waals surface area contributed by atoms with Gasteiger partial charge in [-0.15, -0.1) is 0 Å². The molecule has 0 radical (unpaired) electrons. The van der Waals surface area contributed by atoms with E-state index < -0.39 is 9.84 Å². The third-order valence-corrected chi connectivity index (χ3v) is 6.24. The lowest BCUT2D eigenvalue weighted by Crippen LogP contribution is -2.12. The molecule has 0 spiro atoms. The number of benzene rings is 1. The highest BCUT2D eigenvalue weighted by Crippen LogP contribution is 2.29. The Hall–Kier alpha value is -1.57. The first-order valence-electron chi connectivity index (χ1n) is 7.35. The molecule has 1 aliphatic rings. The van der Waals surface area contributed by atoms with E-state index in [2.05, 4.69) is 15.6 Å². The number of aryl methyl sites for hydroxylation is 1. The number of sulfone groups is 1. The van der Waals surface area contributed by atoms with Gasteiger partial charge in [-0.2, -0.15) is 10.2 Å². The van der Waals surface area contributed by atoms with Crippen molar-refractivity contribution in [2.45, 2.75) is 19.4 Å². The molecule has 1 N–H and O–H groups in total. The van der Waals surface area contributed by atoms with Gasteiger partial charge in [0.15, 0.2) is 9.84 Å². The second-order valence-electron chi connectivity index (χ2n) is 5.67. The Bertz CT molecular complexity index is 876. The van der Waals surface area contributed by atoms with Crippen molar-refractivity contribution in [2.24, 2.45) is 5.10 Å². The van der Waals surface area contributed by atoms with Gasteiger partial charge in [-0.05, 0) is 37.6 Å². The number of hydrogen-bond acceptors (Lipinski definition) is 5. The smallest absolute Gasteiger partial charge is 0.152 e. The Balaban J connectivity index is 1.77. The van der Waals surface area contributed by atoms with E-state index in [-0.39, 0.29) is 17.5 Å². The lowest BCUT2D eigenvalue weighted by atomic mass is 10.2. The van der Waals surface area contributed by atoms with Gasteiger partial charge in [0.05, 0.1) is 40.7 Å². The Kier molecular flexibility index (Phi) is 4.85. The summed E-state index contributed by atoms with van der Waals surface area (Å²) in [4.78, 5) is 0. The molecule has 2 heterocycles. The number of hydrazone groups is 1. The van der Waals surface area contributed by atoms with Crippen molar-refractivity contribution in [1.29, 1.82) is 0 Å². The largest absolute Gasteiger partial charge is 0.279 e. The number of nitrogens with one attached hydrogen (secondary N) is 1. The standard InChI is InChI=1S/C15H16Cl2N4O2S/c1-10-14(8-18-19-12-4-2-11(16)3-5-12)15(17)21(20-10)13-6-7-24(22,23)9-13/h2-5,8,13,19H,6-7,9H2,1H3/b18-8-/t13-/m0/s1. The average Bonchev–Trinajstić information content (AvgIpc) is 3.02. The molecule has 1 aromatic heterocycles. The van der Waals surface area contributed by atoms with Gasteiger partial charge in [-0.25, -0.2) is 13.1 Å². The molecule has 0 aliphatic carbocycles. The highest BCUT2D eigenvalue weighted by molar-refractivity contribution is 7.91. The van der Waals surface area contributed by atoms with Crippen LogP contribution in [0.15, 0.2) is 29.4 Å². The van der Waals surface area contributed by atoms with E-state index in [0.717, 1.165) is 5.69 Å². The van der Waals surface area contributed by atoms with Gasteiger partial charge in [0.2, 0.25) is 0 Å². The summed E-state index contributed by atoms with van der Waals surface area (Å²) in [6.07, 6.45) is 2.11. The van der Waals surface area contributed by atoms with Crippen LogP contribution in [0.25, 0.3) is 0 Å². The molecule has 128 valence electrons. The second kappa shape index (κ2) is 6.74. The zero-order valence-corrected chi connectivity index (χ0v) is 15.2. The molecule has 0 saturated carbocycles. The Labute approximate surface area is 150 Å². The molecule has 3 rings (SSSR count). The maximum absolute atomic E-state index is 11.6. The molecule has 24 heavy (non-hydrogen) atoms. The minimum Gasteiger partial charge on any atom is -0.279 e. The summed E-state index contributed by atoms with van der Waals surface area (Å²) in [5.41, 5.74) is 5.05. The lowest BCUT2D eigenvalue weighted by Gasteiger charge is -2.09. The van der Waals surface area contributed by atoms with Crippen LogP contribution < -0.4 is 5.43 Å². The third-order valence-electron chi connectivity index (χ3n) is 3.86. The maximum Gasteiger partial charge on any atom is 0.152 e. The second-order valence-corrected chi connectivity index (χ2v) is 8.69. The van der Waals surface area contributed by atoms with Crippen molar-refractivity contribution in [1.82, 2.24) is 9.78 Å². The number of anilines is 1. The maximum atomic E-state index is 11.6. The van der Waals surface area contributed by atoms with Gasteiger partial charge in [0, 0.05) is 5.02 Å². The SMILES string of the molecule is Cc1nn([C@H]2CCS(=O)(=O)C2)c(Cl)c1/C=N\Nc1ccc(Cl)cc1. The molecule has 9 heteroatoms. The molecule has 1 aliphatic heterocycles. The summed E-state index contributed by atoms with van der Waals surface area (Å²) in [7, 11) is -3.00. The summed E-state index contributed by atoms with van der Waals surface area (Å²) in [5, 5.41) is 9.58. The molecule has 1 fully saturated rings. The quantitative estimate of drug-likeness (QED) is 0.645. The molecule has 0 amide bonds. The van der Waals surface area contributed by atoms with Crippen LogP contribution in [0.3, 0.4) is 0 Å². The summed E-state index contributed by atoms with van der Waals surface area (Å²) < 4.78 is 24.9. The average molecular weight is 387 g/mol. The number of rotatable bonds is 4. The molecular formula is C15H16Cl2N4O2S. The van der Waals surface area contributed by atoms with Crippen LogP contribution >= 0.6 is 23.2 Å². The van der Waals surface area contributed by atoms with E-state index in [0.29, 0.717) is 27.9 Å². The first-order chi connectivity index (χ1) is 11.4.